The van der Waals surface area contributed by atoms with Crippen molar-refractivity contribution in [3.05, 3.63) is 140 Å². The van der Waals surface area contributed by atoms with E-state index < -0.39 is 11.4 Å². The van der Waals surface area contributed by atoms with E-state index in [4.69, 9.17) is 23.2 Å². The van der Waals surface area contributed by atoms with Crippen molar-refractivity contribution in [3.8, 4) is 0 Å². The molecule has 0 saturated heterocycles. The Kier molecular flexibility index (Phi) is 5.98. The summed E-state index contributed by atoms with van der Waals surface area (Å²) < 4.78 is 0. The zero-order valence-electron chi connectivity index (χ0n) is 21.5. The molecule has 0 spiro atoms. The lowest BCUT2D eigenvalue weighted by atomic mass is 9.94. The number of fused-ring (bicyclic) bond motifs is 6. The molecule has 0 bridgehead atoms. The van der Waals surface area contributed by atoms with Crippen LogP contribution in [0.1, 0.15) is 33.4 Å². The van der Waals surface area contributed by atoms with Crippen LogP contribution in [0, 0.1) is 0 Å². The van der Waals surface area contributed by atoms with Crippen LogP contribution in [0.3, 0.4) is 0 Å². The molecule has 200 valence electrons. The molecule has 6 nitrogen and oxygen atoms in total. The fourth-order valence-corrected chi connectivity index (χ4v) is 6.48. The van der Waals surface area contributed by atoms with Crippen molar-refractivity contribution in [2.75, 3.05) is 26.2 Å². The van der Waals surface area contributed by atoms with Crippen LogP contribution < -0.4 is 0 Å². The van der Waals surface area contributed by atoms with Gasteiger partial charge in [0.2, 0.25) is 0 Å². The SMILES string of the molecule is OC1(c2ccc(Cl)cc2)c2ccccc2C2=NCCN21.OC1(c2ccc(Cl)cc2)c2ccccc2C2=NCCN21. The summed E-state index contributed by atoms with van der Waals surface area (Å²) in [4.78, 5) is 13.0. The maximum atomic E-state index is 11.4. The Balaban J connectivity index is 0.000000132. The Morgan fingerprint density at radius 1 is 0.550 bits per heavy atom. The molecule has 4 heterocycles. The lowest BCUT2D eigenvalue weighted by Gasteiger charge is -2.33. The van der Waals surface area contributed by atoms with Crippen molar-refractivity contribution in [1.82, 2.24) is 9.80 Å². The van der Waals surface area contributed by atoms with Crippen LogP contribution in [0.15, 0.2) is 107 Å². The molecule has 0 aromatic heterocycles. The molecule has 0 amide bonds. The van der Waals surface area contributed by atoms with E-state index in [1.165, 1.54) is 0 Å². The average molecular weight is 569 g/mol. The van der Waals surface area contributed by atoms with Crippen LogP contribution in [-0.2, 0) is 11.4 Å². The minimum Gasteiger partial charge on any atom is -0.363 e. The number of hydrogen-bond acceptors (Lipinski definition) is 6. The molecule has 4 aromatic carbocycles. The first kappa shape index (κ1) is 25.3. The van der Waals surface area contributed by atoms with E-state index in [0.29, 0.717) is 10.0 Å². The van der Waals surface area contributed by atoms with Crippen molar-refractivity contribution in [2.45, 2.75) is 11.4 Å². The molecule has 2 unspecified atom stereocenters. The average Bonchev–Trinajstić information content (AvgIpc) is 3.76. The lowest BCUT2D eigenvalue weighted by Crippen LogP contribution is -2.43. The fourth-order valence-electron chi connectivity index (χ4n) is 6.23. The first-order chi connectivity index (χ1) is 19.4. The molecule has 0 aliphatic carbocycles. The van der Waals surface area contributed by atoms with Crippen molar-refractivity contribution in [1.29, 1.82) is 0 Å². The molecule has 4 aliphatic heterocycles. The predicted octanol–water partition coefficient (Wildman–Crippen LogP) is 5.22. The smallest absolute Gasteiger partial charge is 0.193 e. The zero-order chi connectivity index (χ0) is 27.5. The number of rotatable bonds is 2. The van der Waals surface area contributed by atoms with Gasteiger partial charge in [0, 0.05) is 56.5 Å². The van der Waals surface area contributed by atoms with Gasteiger partial charge in [-0.05, 0) is 24.3 Å². The highest BCUT2D eigenvalue weighted by Gasteiger charge is 2.50. The minimum atomic E-state index is -1.14. The Hall–Kier alpha value is -3.68. The monoisotopic (exact) mass is 568 g/mol. The molecular weight excluding hydrogens is 543 g/mol. The largest absolute Gasteiger partial charge is 0.363 e. The van der Waals surface area contributed by atoms with E-state index in [1.807, 2.05) is 107 Å². The second kappa shape index (κ2) is 9.46. The van der Waals surface area contributed by atoms with Crippen LogP contribution in [0.4, 0.5) is 0 Å². The van der Waals surface area contributed by atoms with E-state index in [-0.39, 0.29) is 0 Å². The number of hydrogen-bond donors (Lipinski definition) is 2. The lowest BCUT2D eigenvalue weighted by molar-refractivity contribution is -0.0245. The highest BCUT2D eigenvalue weighted by Crippen LogP contribution is 2.45. The molecular formula is C32H26Cl2N4O2. The Morgan fingerprint density at radius 3 is 1.32 bits per heavy atom. The quantitative estimate of drug-likeness (QED) is 0.348. The van der Waals surface area contributed by atoms with Crippen molar-refractivity contribution >= 4 is 34.9 Å². The summed E-state index contributed by atoms with van der Waals surface area (Å²) in [6.07, 6.45) is 0. The molecule has 40 heavy (non-hydrogen) atoms. The van der Waals surface area contributed by atoms with Gasteiger partial charge in [-0.1, -0.05) is 96.0 Å². The van der Waals surface area contributed by atoms with Gasteiger partial charge in [0.15, 0.2) is 11.4 Å². The van der Waals surface area contributed by atoms with Gasteiger partial charge in [-0.25, -0.2) is 0 Å². The summed E-state index contributed by atoms with van der Waals surface area (Å²) in [7, 11) is 0. The second-order valence-corrected chi connectivity index (χ2v) is 11.0. The number of amidine groups is 2. The highest BCUT2D eigenvalue weighted by atomic mass is 35.5. The Morgan fingerprint density at radius 2 is 0.925 bits per heavy atom. The molecule has 0 fully saturated rings. The number of aliphatic hydroxyl groups is 2. The minimum absolute atomic E-state index is 0.666. The summed E-state index contributed by atoms with van der Waals surface area (Å²) >= 11 is 11.9. The Labute approximate surface area is 242 Å². The van der Waals surface area contributed by atoms with Crippen molar-refractivity contribution in [3.63, 3.8) is 0 Å². The van der Waals surface area contributed by atoms with E-state index in [9.17, 15) is 10.2 Å². The standard InChI is InChI=1S/2C16H13ClN2O/c2*17-12-7-5-11(6-8-12)16(20)14-4-2-1-3-13(14)15-18-9-10-19(15)16/h2*1-8,20H,9-10H2. The first-order valence-electron chi connectivity index (χ1n) is 13.2. The summed E-state index contributed by atoms with van der Waals surface area (Å²) in [5, 5.41) is 24.1. The van der Waals surface area contributed by atoms with Crippen LogP contribution in [0.5, 0.6) is 0 Å². The number of benzene rings is 4. The van der Waals surface area contributed by atoms with E-state index in [1.54, 1.807) is 0 Å². The van der Waals surface area contributed by atoms with Gasteiger partial charge in [-0.3, -0.25) is 9.98 Å². The summed E-state index contributed by atoms with van der Waals surface area (Å²) in [6.45, 7) is 2.89. The molecule has 2 atom stereocenters. The van der Waals surface area contributed by atoms with Gasteiger partial charge < -0.3 is 20.0 Å². The molecule has 8 heteroatoms. The third kappa shape index (κ3) is 3.64. The molecule has 0 radical (unpaired) electrons. The van der Waals surface area contributed by atoms with E-state index in [2.05, 4.69) is 9.98 Å². The van der Waals surface area contributed by atoms with Crippen LogP contribution in [-0.4, -0.2) is 57.9 Å². The van der Waals surface area contributed by atoms with Crippen molar-refractivity contribution < 1.29 is 10.2 Å². The predicted molar refractivity (Wildman–Crippen MR) is 158 cm³/mol. The summed E-state index contributed by atoms with van der Waals surface area (Å²) in [6, 6.07) is 30.5. The first-order valence-corrected chi connectivity index (χ1v) is 14.0. The van der Waals surface area contributed by atoms with Gasteiger partial charge in [0.1, 0.15) is 11.7 Å². The summed E-state index contributed by atoms with van der Waals surface area (Å²) in [5.74, 6) is 1.77. The molecule has 8 rings (SSSR count). The molecule has 4 aliphatic rings. The number of aliphatic imine (C=N–C) groups is 2. The molecule has 0 saturated carbocycles. The maximum Gasteiger partial charge on any atom is 0.193 e. The normalized spacial score (nSPS) is 23.5. The van der Waals surface area contributed by atoms with Crippen LogP contribution >= 0.6 is 23.2 Å². The topological polar surface area (TPSA) is 71.7 Å². The molecule has 2 N–H and O–H groups in total. The van der Waals surface area contributed by atoms with Crippen molar-refractivity contribution in [2.24, 2.45) is 9.98 Å². The number of nitrogens with zero attached hydrogens (tertiary/aromatic N) is 4. The van der Waals surface area contributed by atoms with Gasteiger partial charge >= 0.3 is 0 Å². The highest BCUT2D eigenvalue weighted by molar-refractivity contribution is 6.30. The second-order valence-electron chi connectivity index (χ2n) is 10.2. The van der Waals surface area contributed by atoms with Gasteiger partial charge in [-0.15, -0.1) is 0 Å². The van der Waals surface area contributed by atoms with E-state index >= 15 is 0 Å². The van der Waals surface area contributed by atoms with E-state index in [0.717, 1.165) is 71.2 Å². The van der Waals surface area contributed by atoms with Crippen LogP contribution in [0.25, 0.3) is 0 Å². The third-order valence-corrected chi connectivity index (χ3v) is 8.55. The zero-order valence-corrected chi connectivity index (χ0v) is 23.0. The fraction of sp³-hybridized carbons (Fsp3) is 0.188. The third-order valence-electron chi connectivity index (χ3n) is 8.04. The number of halogens is 2. The summed E-state index contributed by atoms with van der Waals surface area (Å²) in [5.41, 5.74) is 3.17. The van der Waals surface area contributed by atoms with Gasteiger partial charge in [0.25, 0.3) is 0 Å². The maximum absolute atomic E-state index is 11.4. The van der Waals surface area contributed by atoms with Gasteiger partial charge in [-0.2, -0.15) is 0 Å². The van der Waals surface area contributed by atoms with Crippen LogP contribution in [0.2, 0.25) is 10.0 Å². The molecule has 4 aromatic rings. The Bertz CT molecular complexity index is 1550. The van der Waals surface area contributed by atoms with Gasteiger partial charge in [0.05, 0.1) is 13.1 Å².